The van der Waals surface area contributed by atoms with Crippen LogP contribution in [0.2, 0.25) is 0 Å². The van der Waals surface area contributed by atoms with Crippen LogP contribution in [0.25, 0.3) is 0 Å². The van der Waals surface area contributed by atoms with Crippen molar-refractivity contribution in [2.24, 2.45) is 5.92 Å². The Morgan fingerprint density at radius 1 is 1.39 bits per heavy atom. The maximum absolute atomic E-state index is 4.23. The summed E-state index contributed by atoms with van der Waals surface area (Å²) in [6.07, 6.45) is 5.91. The Labute approximate surface area is 110 Å². The Balaban J connectivity index is 1.68. The van der Waals surface area contributed by atoms with Crippen molar-refractivity contribution >= 4 is 0 Å². The van der Waals surface area contributed by atoms with Gasteiger partial charge in [-0.3, -0.25) is 0 Å². The van der Waals surface area contributed by atoms with E-state index in [2.05, 4.69) is 34.0 Å². The Bertz CT molecular complexity index is 331. The SMILES string of the molecule is CC(C)CN1CCC(NCc2ccncn2)CC1. The molecule has 0 saturated carbocycles. The van der Waals surface area contributed by atoms with Gasteiger partial charge in [0.05, 0.1) is 5.69 Å². The molecule has 4 heteroatoms. The van der Waals surface area contributed by atoms with E-state index in [1.54, 1.807) is 12.5 Å². The van der Waals surface area contributed by atoms with Crippen molar-refractivity contribution < 1.29 is 0 Å². The first-order valence-electron chi connectivity index (χ1n) is 6.94. The summed E-state index contributed by atoms with van der Waals surface area (Å²) in [5.74, 6) is 0.774. The van der Waals surface area contributed by atoms with Crippen LogP contribution in [0.5, 0.6) is 0 Å². The molecule has 1 aliphatic rings. The fourth-order valence-electron chi connectivity index (χ4n) is 2.51. The molecule has 1 saturated heterocycles. The van der Waals surface area contributed by atoms with Crippen LogP contribution in [-0.2, 0) is 6.54 Å². The first-order valence-corrected chi connectivity index (χ1v) is 6.94. The molecule has 0 radical (unpaired) electrons. The highest BCUT2D eigenvalue weighted by Gasteiger charge is 2.18. The number of hydrogen-bond acceptors (Lipinski definition) is 4. The van der Waals surface area contributed by atoms with Crippen molar-refractivity contribution in [1.29, 1.82) is 0 Å². The molecule has 0 atom stereocenters. The maximum atomic E-state index is 4.23. The summed E-state index contributed by atoms with van der Waals surface area (Å²) >= 11 is 0. The quantitative estimate of drug-likeness (QED) is 0.861. The van der Waals surface area contributed by atoms with Gasteiger partial charge in [-0.1, -0.05) is 13.8 Å². The summed E-state index contributed by atoms with van der Waals surface area (Å²) in [5.41, 5.74) is 1.08. The summed E-state index contributed by atoms with van der Waals surface area (Å²) in [4.78, 5) is 10.7. The molecule has 1 aromatic rings. The lowest BCUT2D eigenvalue weighted by Crippen LogP contribution is -2.43. The van der Waals surface area contributed by atoms with Gasteiger partial charge in [-0.05, 0) is 37.9 Å². The smallest absolute Gasteiger partial charge is 0.115 e. The number of aromatic nitrogens is 2. The highest BCUT2D eigenvalue weighted by molar-refractivity contribution is 4.97. The Hall–Kier alpha value is -1.00. The van der Waals surface area contributed by atoms with E-state index in [0.29, 0.717) is 6.04 Å². The molecule has 1 N–H and O–H groups in total. The van der Waals surface area contributed by atoms with Crippen molar-refractivity contribution in [3.8, 4) is 0 Å². The number of nitrogens with zero attached hydrogens (tertiary/aromatic N) is 3. The lowest BCUT2D eigenvalue weighted by atomic mass is 10.0. The van der Waals surface area contributed by atoms with E-state index in [1.165, 1.54) is 32.5 Å². The van der Waals surface area contributed by atoms with Crippen molar-refractivity contribution in [2.75, 3.05) is 19.6 Å². The van der Waals surface area contributed by atoms with Crippen molar-refractivity contribution in [3.05, 3.63) is 24.3 Å². The summed E-state index contributed by atoms with van der Waals surface area (Å²) < 4.78 is 0. The van der Waals surface area contributed by atoms with Gasteiger partial charge in [-0.2, -0.15) is 0 Å². The molecular formula is C14H24N4. The van der Waals surface area contributed by atoms with E-state index in [-0.39, 0.29) is 0 Å². The van der Waals surface area contributed by atoms with Gasteiger partial charge in [0.2, 0.25) is 0 Å². The van der Waals surface area contributed by atoms with Crippen LogP contribution < -0.4 is 5.32 Å². The molecule has 0 amide bonds. The van der Waals surface area contributed by atoms with E-state index < -0.39 is 0 Å². The second-order valence-electron chi connectivity index (χ2n) is 5.55. The molecule has 2 heterocycles. The fourth-order valence-corrected chi connectivity index (χ4v) is 2.51. The van der Waals surface area contributed by atoms with E-state index in [4.69, 9.17) is 0 Å². The molecular weight excluding hydrogens is 224 g/mol. The van der Waals surface area contributed by atoms with Crippen molar-refractivity contribution in [2.45, 2.75) is 39.3 Å². The van der Waals surface area contributed by atoms with Crippen LogP contribution in [-0.4, -0.2) is 40.5 Å². The number of piperidine rings is 1. The first kappa shape index (κ1) is 13.4. The lowest BCUT2D eigenvalue weighted by Gasteiger charge is -2.33. The highest BCUT2D eigenvalue weighted by atomic mass is 15.1. The molecule has 100 valence electrons. The minimum atomic E-state index is 0.642. The average Bonchev–Trinajstić information content (AvgIpc) is 2.38. The van der Waals surface area contributed by atoms with Crippen LogP contribution in [0.1, 0.15) is 32.4 Å². The third-order valence-corrected chi connectivity index (χ3v) is 3.43. The molecule has 18 heavy (non-hydrogen) atoms. The molecule has 2 rings (SSSR count). The third-order valence-electron chi connectivity index (χ3n) is 3.43. The standard InChI is InChI=1S/C14H24N4/c1-12(2)10-18-7-4-13(5-8-18)16-9-14-3-6-15-11-17-14/h3,6,11-13,16H,4-5,7-10H2,1-2H3. The summed E-state index contributed by atoms with van der Waals surface area (Å²) in [6.45, 7) is 9.12. The van der Waals surface area contributed by atoms with E-state index in [9.17, 15) is 0 Å². The summed E-state index contributed by atoms with van der Waals surface area (Å²) in [6, 6.07) is 2.62. The zero-order valence-electron chi connectivity index (χ0n) is 11.5. The van der Waals surface area contributed by atoms with Crippen LogP contribution in [0, 0.1) is 5.92 Å². The number of rotatable bonds is 5. The molecule has 1 fully saturated rings. The average molecular weight is 248 g/mol. The van der Waals surface area contributed by atoms with Gasteiger partial charge >= 0.3 is 0 Å². The maximum Gasteiger partial charge on any atom is 0.115 e. The second kappa shape index (κ2) is 6.81. The van der Waals surface area contributed by atoms with Gasteiger partial charge in [-0.15, -0.1) is 0 Å². The zero-order valence-corrected chi connectivity index (χ0v) is 11.5. The van der Waals surface area contributed by atoms with Gasteiger partial charge in [-0.25, -0.2) is 9.97 Å². The molecule has 1 aromatic heterocycles. The molecule has 4 nitrogen and oxygen atoms in total. The minimum Gasteiger partial charge on any atom is -0.308 e. The Kier molecular flexibility index (Phi) is 5.08. The van der Waals surface area contributed by atoms with Crippen molar-refractivity contribution in [1.82, 2.24) is 20.2 Å². The van der Waals surface area contributed by atoms with E-state index in [0.717, 1.165) is 18.2 Å². The van der Waals surface area contributed by atoms with Gasteiger partial charge < -0.3 is 10.2 Å². The fraction of sp³-hybridized carbons (Fsp3) is 0.714. The number of nitrogens with one attached hydrogen (secondary N) is 1. The summed E-state index contributed by atoms with van der Waals surface area (Å²) in [5, 5.41) is 3.59. The lowest BCUT2D eigenvalue weighted by molar-refractivity contribution is 0.179. The van der Waals surface area contributed by atoms with Crippen LogP contribution >= 0.6 is 0 Å². The van der Waals surface area contributed by atoms with Gasteiger partial charge in [0.1, 0.15) is 6.33 Å². The van der Waals surface area contributed by atoms with Gasteiger partial charge in [0.15, 0.2) is 0 Å². The largest absolute Gasteiger partial charge is 0.308 e. The molecule has 0 unspecified atom stereocenters. The molecule has 0 bridgehead atoms. The van der Waals surface area contributed by atoms with Crippen LogP contribution in [0.3, 0.4) is 0 Å². The highest BCUT2D eigenvalue weighted by Crippen LogP contribution is 2.12. The van der Waals surface area contributed by atoms with Gasteiger partial charge in [0, 0.05) is 25.3 Å². The molecule has 0 aromatic carbocycles. The van der Waals surface area contributed by atoms with Crippen LogP contribution in [0.4, 0.5) is 0 Å². The predicted molar refractivity (Wildman–Crippen MR) is 73.2 cm³/mol. The predicted octanol–water partition coefficient (Wildman–Crippen LogP) is 1.69. The topological polar surface area (TPSA) is 41.0 Å². The monoisotopic (exact) mass is 248 g/mol. The van der Waals surface area contributed by atoms with Crippen LogP contribution in [0.15, 0.2) is 18.6 Å². The molecule has 0 aliphatic carbocycles. The van der Waals surface area contributed by atoms with Crippen molar-refractivity contribution in [3.63, 3.8) is 0 Å². The summed E-state index contributed by atoms with van der Waals surface area (Å²) in [7, 11) is 0. The molecule has 1 aliphatic heterocycles. The Morgan fingerprint density at radius 3 is 2.78 bits per heavy atom. The number of likely N-dealkylation sites (tertiary alicyclic amines) is 1. The third kappa shape index (κ3) is 4.35. The van der Waals surface area contributed by atoms with E-state index in [1.807, 2.05) is 6.07 Å². The number of hydrogen-bond donors (Lipinski definition) is 1. The zero-order chi connectivity index (χ0) is 12.8. The minimum absolute atomic E-state index is 0.642. The van der Waals surface area contributed by atoms with Gasteiger partial charge in [0.25, 0.3) is 0 Å². The normalized spacial score (nSPS) is 18.4. The Morgan fingerprint density at radius 2 is 2.17 bits per heavy atom. The second-order valence-corrected chi connectivity index (χ2v) is 5.55. The first-order chi connectivity index (χ1) is 8.74. The van der Waals surface area contributed by atoms with E-state index >= 15 is 0 Å². The molecule has 0 spiro atoms.